The third-order valence-electron chi connectivity index (χ3n) is 14.1. The van der Waals surface area contributed by atoms with E-state index in [4.69, 9.17) is 24.4 Å². The summed E-state index contributed by atoms with van der Waals surface area (Å²) in [5.74, 6) is 1.34. The molecule has 326 valence electrons. The molecule has 0 atom stereocenters. The van der Waals surface area contributed by atoms with E-state index in [-0.39, 0.29) is 10.8 Å². The van der Waals surface area contributed by atoms with Crippen molar-refractivity contribution >= 4 is 119 Å². The van der Waals surface area contributed by atoms with E-state index < -0.39 is 0 Å². The zero-order valence-electron chi connectivity index (χ0n) is 38.3. The third-order valence-corrected chi connectivity index (χ3v) is 15.3. The van der Waals surface area contributed by atoms with Crippen LogP contribution in [-0.4, -0.2) is 29.1 Å². The Balaban J connectivity index is 0.928. The van der Waals surface area contributed by atoms with Crippen molar-refractivity contribution in [1.29, 1.82) is 0 Å². The van der Waals surface area contributed by atoms with Gasteiger partial charge in [0.05, 0.1) is 43.7 Å². The minimum absolute atomic E-state index is 0.282. The zero-order chi connectivity index (χ0) is 45.6. The predicted molar refractivity (Wildman–Crippen MR) is 283 cm³/mol. The van der Waals surface area contributed by atoms with Gasteiger partial charge in [0.2, 0.25) is 11.9 Å². The van der Waals surface area contributed by atoms with Crippen LogP contribution in [0, 0.1) is 0 Å². The van der Waals surface area contributed by atoms with Crippen LogP contribution >= 0.6 is 11.3 Å². The maximum atomic E-state index is 6.45. The van der Waals surface area contributed by atoms with Crippen LogP contribution < -0.4 is 0 Å². The molecule has 6 aromatic heterocycles. The number of furan rings is 1. The van der Waals surface area contributed by atoms with Crippen LogP contribution in [-0.2, 0) is 17.3 Å². The standard InChI is InChI=1S/C60H44N6OS/c1-59(2,3)55-53-51(41-20-10-14-24-47(41)67-53)61-57(63-55)65-44-23-13-9-19-40(44)50-38-29-26-34(32-36(38)28-31-46(50)65)33-60(4,5)56-54-52(42-21-11-15-25-48(42)68-54)62-58(64-56)66-43-22-12-8-18-39(43)49-37-17-7-6-16-35(37)27-30-45(49)66/h6-32H,33H2,1-5H3. The molecule has 0 saturated heterocycles. The van der Waals surface area contributed by atoms with E-state index in [9.17, 15) is 0 Å². The fourth-order valence-electron chi connectivity index (χ4n) is 11.0. The first-order valence-electron chi connectivity index (χ1n) is 23.4. The number of nitrogens with zero attached hydrogens (tertiary/aromatic N) is 6. The lowest BCUT2D eigenvalue weighted by Crippen LogP contribution is -2.23. The van der Waals surface area contributed by atoms with Crippen molar-refractivity contribution in [2.45, 2.75) is 51.9 Å². The first kappa shape index (κ1) is 39.2. The highest BCUT2D eigenvalue weighted by Gasteiger charge is 2.31. The normalized spacial score (nSPS) is 12.8. The Labute approximate surface area is 394 Å². The van der Waals surface area contributed by atoms with Crippen molar-refractivity contribution in [2.24, 2.45) is 0 Å². The number of hydrogen-bond acceptors (Lipinski definition) is 6. The topological polar surface area (TPSA) is 74.6 Å². The highest BCUT2D eigenvalue weighted by molar-refractivity contribution is 7.26. The van der Waals surface area contributed by atoms with Gasteiger partial charge in [-0.05, 0) is 76.0 Å². The first-order chi connectivity index (χ1) is 33.1. The molecule has 0 bridgehead atoms. The van der Waals surface area contributed by atoms with Gasteiger partial charge >= 0.3 is 0 Å². The van der Waals surface area contributed by atoms with Gasteiger partial charge in [-0.25, -0.2) is 19.9 Å². The zero-order valence-corrected chi connectivity index (χ0v) is 39.1. The van der Waals surface area contributed by atoms with Gasteiger partial charge in [-0.1, -0.05) is 156 Å². The molecule has 0 unspecified atom stereocenters. The van der Waals surface area contributed by atoms with Gasteiger partial charge in [0.1, 0.15) is 11.1 Å². The molecule has 6 heterocycles. The van der Waals surface area contributed by atoms with Crippen LogP contribution in [0.1, 0.15) is 51.6 Å². The molecule has 0 saturated carbocycles. The number of benzene rings is 8. The lowest BCUT2D eigenvalue weighted by atomic mass is 9.81. The van der Waals surface area contributed by atoms with Crippen molar-refractivity contribution < 1.29 is 4.42 Å². The Morgan fingerprint density at radius 3 is 1.74 bits per heavy atom. The van der Waals surface area contributed by atoms with Gasteiger partial charge < -0.3 is 4.42 Å². The predicted octanol–water partition coefficient (Wildman–Crippen LogP) is 15.9. The monoisotopic (exact) mass is 896 g/mol. The summed E-state index contributed by atoms with van der Waals surface area (Å²) in [5, 5.41) is 11.8. The molecule has 0 radical (unpaired) electrons. The molecule has 14 aromatic rings. The maximum absolute atomic E-state index is 6.45. The number of thiophene rings is 1. The molecular formula is C60H44N6OS. The molecule has 7 nitrogen and oxygen atoms in total. The van der Waals surface area contributed by atoms with E-state index in [2.05, 4.69) is 189 Å². The summed E-state index contributed by atoms with van der Waals surface area (Å²) in [5.41, 5.74) is 10.3. The summed E-state index contributed by atoms with van der Waals surface area (Å²) in [6.45, 7) is 11.2. The Kier molecular flexibility index (Phi) is 8.11. The minimum Gasteiger partial charge on any atom is -0.452 e. The Morgan fingerprint density at radius 2 is 1.03 bits per heavy atom. The molecule has 8 heteroatoms. The Bertz CT molecular complexity index is 4450. The summed E-state index contributed by atoms with van der Waals surface area (Å²) in [6.07, 6.45) is 0.780. The molecule has 14 rings (SSSR count). The molecule has 68 heavy (non-hydrogen) atoms. The van der Waals surface area contributed by atoms with Gasteiger partial charge in [-0.3, -0.25) is 9.13 Å². The first-order valence-corrected chi connectivity index (χ1v) is 24.2. The number of fused-ring (bicyclic) bond motifs is 16. The van der Waals surface area contributed by atoms with Gasteiger partial charge in [0.15, 0.2) is 5.58 Å². The molecule has 0 aliphatic rings. The average Bonchev–Trinajstić information content (AvgIpc) is 4.11. The van der Waals surface area contributed by atoms with Crippen molar-refractivity contribution in [2.75, 3.05) is 0 Å². The van der Waals surface area contributed by atoms with Gasteiger partial charge in [0, 0.05) is 47.8 Å². The van der Waals surface area contributed by atoms with Gasteiger partial charge in [-0.2, -0.15) is 0 Å². The summed E-state index contributed by atoms with van der Waals surface area (Å²) < 4.78 is 13.3. The summed E-state index contributed by atoms with van der Waals surface area (Å²) in [4.78, 5) is 21.7. The van der Waals surface area contributed by atoms with E-state index in [1.807, 2.05) is 18.2 Å². The highest BCUT2D eigenvalue weighted by atomic mass is 32.1. The van der Waals surface area contributed by atoms with Crippen LogP contribution in [0.25, 0.3) is 119 Å². The van der Waals surface area contributed by atoms with Crippen LogP contribution in [0.2, 0.25) is 0 Å². The Hall–Kier alpha value is -7.94. The fourth-order valence-corrected chi connectivity index (χ4v) is 12.4. The second-order valence-electron chi connectivity index (χ2n) is 20.0. The van der Waals surface area contributed by atoms with E-state index in [1.165, 1.54) is 48.0 Å². The van der Waals surface area contributed by atoms with Crippen LogP contribution in [0.5, 0.6) is 0 Å². The molecule has 0 aliphatic heterocycles. The van der Waals surface area contributed by atoms with E-state index in [0.717, 1.165) is 82.9 Å². The van der Waals surface area contributed by atoms with Crippen molar-refractivity contribution in [3.05, 3.63) is 181 Å². The smallest absolute Gasteiger partial charge is 0.235 e. The SMILES string of the molecule is CC(C)(C)c1nc(-n2c3ccccc3c3c4ccc(CC(C)(C)c5nc(-n6c7ccccc7c7c8ccccc8ccc76)nc6c5sc5ccccc56)cc4ccc32)nc2c1oc1ccccc12. The van der Waals surface area contributed by atoms with Crippen molar-refractivity contribution in [1.82, 2.24) is 29.1 Å². The second-order valence-corrected chi connectivity index (χ2v) is 21.1. The van der Waals surface area contributed by atoms with E-state index in [0.29, 0.717) is 11.9 Å². The molecule has 0 N–H and O–H groups in total. The molecule has 0 spiro atoms. The fraction of sp³-hybridized carbons (Fsp3) is 0.133. The number of para-hydroxylation sites is 3. The maximum Gasteiger partial charge on any atom is 0.235 e. The summed E-state index contributed by atoms with van der Waals surface area (Å²) in [7, 11) is 0. The van der Waals surface area contributed by atoms with Crippen LogP contribution in [0.4, 0.5) is 0 Å². The third kappa shape index (κ3) is 5.64. The van der Waals surface area contributed by atoms with Gasteiger partial charge in [0.25, 0.3) is 0 Å². The molecule has 0 aliphatic carbocycles. The summed E-state index contributed by atoms with van der Waals surface area (Å²) in [6, 6.07) is 58.8. The Morgan fingerprint density at radius 1 is 0.471 bits per heavy atom. The molecule has 0 fully saturated rings. The van der Waals surface area contributed by atoms with E-state index >= 15 is 0 Å². The highest BCUT2D eigenvalue weighted by Crippen LogP contribution is 2.44. The number of hydrogen-bond donors (Lipinski definition) is 0. The minimum atomic E-state index is -0.367. The number of aromatic nitrogens is 6. The lowest BCUT2D eigenvalue weighted by Gasteiger charge is -2.26. The summed E-state index contributed by atoms with van der Waals surface area (Å²) >= 11 is 1.80. The lowest BCUT2D eigenvalue weighted by molar-refractivity contribution is 0.510. The van der Waals surface area contributed by atoms with Crippen LogP contribution in [0.3, 0.4) is 0 Å². The van der Waals surface area contributed by atoms with Crippen molar-refractivity contribution in [3.8, 4) is 11.9 Å². The van der Waals surface area contributed by atoms with Crippen LogP contribution in [0.15, 0.2) is 168 Å². The molecular weight excluding hydrogens is 853 g/mol. The quantitative estimate of drug-likeness (QED) is 0.172. The van der Waals surface area contributed by atoms with Gasteiger partial charge in [-0.15, -0.1) is 11.3 Å². The average molecular weight is 897 g/mol. The van der Waals surface area contributed by atoms with E-state index in [1.54, 1.807) is 11.3 Å². The second kappa shape index (κ2) is 14.0. The largest absolute Gasteiger partial charge is 0.452 e. The molecule has 8 aromatic carbocycles. The van der Waals surface area contributed by atoms with Crippen molar-refractivity contribution in [3.63, 3.8) is 0 Å². The number of rotatable bonds is 5. The molecule has 0 amide bonds.